The van der Waals surface area contributed by atoms with Crippen molar-refractivity contribution in [3.63, 3.8) is 0 Å². The van der Waals surface area contributed by atoms with Crippen LogP contribution in [0.1, 0.15) is 26.9 Å². The van der Waals surface area contributed by atoms with E-state index in [1.807, 2.05) is 6.92 Å². The molecule has 0 fully saturated rings. The zero-order valence-electron chi connectivity index (χ0n) is 9.23. The van der Waals surface area contributed by atoms with E-state index in [-0.39, 0.29) is 0 Å². The molecule has 0 saturated carbocycles. The summed E-state index contributed by atoms with van der Waals surface area (Å²) in [5, 5.41) is 1.20. The Labute approximate surface area is 99.1 Å². The van der Waals surface area contributed by atoms with Gasteiger partial charge in [-0.25, -0.2) is 4.98 Å². The molecule has 1 aromatic heterocycles. The number of aryl methyl sites for hydroxylation is 1. The van der Waals surface area contributed by atoms with Crippen molar-refractivity contribution in [2.75, 3.05) is 5.73 Å². The predicted molar refractivity (Wildman–Crippen MR) is 67.9 cm³/mol. The minimum atomic E-state index is 0.540. The number of benzene rings is 1. The van der Waals surface area contributed by atoms with Crippen molar-refractivity contribution >= 4 is 17.2 Å². The zero-order chi connectivity index (χ0) is 11.1. The Hall–Kier alpha value is -1.35. The van der Waals surface area contributed by atoms with Gasteiger partial charge in [-0.15, -0.1) is 11.3 Å². The first-order valence-corrected chi connectivity index (χ1v) is 6.35. The van der Waals surface area contributed by atoms with Crippen LogP contribution in [0.2, 0.25) is 0 Å². The predicted octanol–water partition coefficient (Wildman–Crippen LogP) is 2.92. The molecule has 3 rings (SSSR count). The Kier molecular flexibility index (Phi) is 2.21. The summed E-state index contributed by atoms with van der Waals surface area (Å²) >= 11 is 1.75. The molecule has 0 radical (unpaired) electrons. The summed E-state index contributed by atoms with van der Waals surface area (Å²) in [5.41, 5.74) is 8.76. The molecule has 2 aromatic rings. The van der Waals surface area contributed by atoms with Gasteiger partial charge in [0.25, 0.3) is 0 Å². The fourth-order valence-corrected chi connectivity index (χ4v) is 3.28. The average Bonchev–Trinajstić information content (AvgIpc) is 2.83. The third-order valence-electron chi connectivity index (χ3n) is 3.25. The van der Waals surface area contributed by atoms with E-state index in [1.54, 1.807) is 11.3 Å². The Morgan fingerprint density at radius 2 is 1.88 bits per heavy atom. The number of hydrogen-bond donors (Lipinski definition) is 1. The number of nitrogens with zero attached hydrogens (tertiary/aromatic N) is 1. The van der Waals surface area contributed by atoms with Crippen LogP contribution in [0.15, 0.2) is 24.3 Å². The molecule has 0 atom stereocenters. The van der Waals surface area contributed by atoms with Crippen molar-refractivity contribution in [2.45, 2.75) is 25.7 Å². The number of thiazole rings is 1. The number of nitrogens with two attached hydrogens (primary N) is 1. The highest BCUT2D eigenvalue weighted by Crippen LogP contribution is 2.36. The number of anilines is 1. The first kappa shape index (κ1) is 9.85. The van der Waals surface area contributed by atoms with Gasteiger partial charge >= 0.3 is 0 Å². The van der Waals surface area contributed by atoms with Crippen molar-refractivity contribution in [1.82, 2.24) is 4.98 Å². The van der Waals surface area contributed by atoms with Crippen molar-refractivity contribution in [1.29, 1.82) is 0 Å². The van der Waals surface area contributed by atoms with Crippen LogP contribution in [0.3, 0.4) is 0 Å². The molecule has 0 amide bonds. The van der Waals surface area contributed by atoms with E-state index in [0.29, 0.717) is 11.7 Å². The summed E-state index contributed by atoms with van der Waals surface area (Å²) in [5.74, 6) is 1.24. The molecule has 82 valence electrons. The SMILES string of the molecule is Cc1sc(C2Cc3ccccc3C2)nc1N. The number of aromatic nitrogens is 1. The molecule has 1 aliphatic rings. The molecule has 3 heteroatoms. The normalized spacial score (nSPS) is 15.3. The number of nitrogen functional groups attached to an aromatic ring is 1. The lowest BCUT2D eigenvalue weighted by atomic mass is 10.1. The average molecular weight is 230 g/mol. The highest BCUT2D eigenvalue weighted by Gasteiger charge is 2.25. The molecular formula is C13H14N2S. The van der Waals surface area contributed by atoms with E-state index < -0.39 is 0 Å². The van der Waals surface area contributed by atoms with E-state index in [2.05, 4.69) is 29.2 Å². The second kappa shape index (κ2) is 3.59. The summed E-state index contributed by atoms with van der Waals surface area (Å²) in [6, 6.07) is 8.67. The first-order chi connectivity index (χ1) is 7.74. The van der Waals surface area contributed by atoms with E-state index in [0.717, 1.165) is 17.7 Å². The molecule has 0 unspecified atom stereocenters. The highest BCUT2D eigenvalue weighted by molar-refractivity contribution is 7.12. The summed E-state index contributed by atoms with van der Waals surface area (Å²) in [6.07, 6.45) is 2.23. The summed E-state index contributed by atoms with van der Waals surface area (Å²) in [4.78, 5) is 5.62. The number of fused-ring (bicyclic) bond motifs is 1. The van der Waals surface area contributed by atoms with Crippen LogP contribution in [0.25, 0.3) is 0 Å². The van der Waals surface area contributed by atoms with E-state index >= 15 is 0 Å². The number of rotatable bonds is 1. The first-order valence-electron chi connectivity index (χ1n) is 5.53. The van der Waals surface area contributed by atoms with Gasteiger partial charge in [-0.1, -0.05) is 24.3 Å². The maximum absolute atomic E-state index is 5.81. The molecule has 1 aliphatic carbocycles. The monoisotopic (exact) mass is 230 g/mol. The van der Waals surface area contributed by atoms with Gasteiger partial charge in [0.2, 0.25) is 0 Å². The van der Waals surface area contributed by atoms with Gasteiger partial charge in [0.1, 0.15) is 5.82 Å². The quantitative estimate of drug-likeness (QED) is 0.818. The fraction of sp³-hybridized carbons (Fsp3) is 0.308. The van der Waals surface area contributed by atoms with Crippen LogP contribution in [0.5, 0.6) is 0 Å². The molecule has 0 saturated heterocycles. The van der Waals surface area contributed by atoms with Crippen LogP contribution in [0, 0.1) is 6.92 Å². The van der Waals surface area contributed by atoms with Gasteiger partial charge in [-0.05, 0) is 30.9 Å². The maximum atomic E-state index is 5.81. The maximum Gasteiger partial charge on any atom is 0.137 e. The fourth-order valence-electron chi connectivity index (χ4n) is 2.34. The summed E-state index contributed by atoms with van der Waals surface area (Å²) in [6.45, 7) is 2.04. The minimum Gasteiger partial charge on any atom is -0.383 e. The lowest BCUT2D eigenvalue weighted by molar-refractivity contribution is 0.735. The van der Waals surface area contributed by atoms with Gasteiger partial charge in [0.15, 0.2) is 0 Å². The Morgan fingerprint density at radius 1 is 1.25 bits per heavy atom. The number of hydrogen-bond acceptors (Lipinski definition) is 3. The molecule has 1 aromatic carbocycles. The second-order valence-corrected chi connectivity index (χ2v) is 5.60. The molecule has 0 spiro atoms. The molecular weight excluding hydrogens is 216 g/mol. The van der Waals surface area contributed by atoms with E-state index in [9.17, 15) is 0 Å². The Balaban J connectivity index is 1.91. The van der Waals surface area contributed by atoms with Crippen molar-refractivity contribution in [3.8, 4) is 0 Å². The lowest BCUT2D eigenvalue weighted by Crippen LogP contribution is -1.97. The van der Waals surface area contributed by atoms with Crippen LogP contribution >= 0.6 is 11.3 Å². The van der Waals surface area contributed by atoms with Crippen LogP contribution in [0.4, 0.5) is 5.82 Å². The highest BCUT2D eigenvalue weighted by atomic mass is 32.1. The molecule has 16 heavy (non-hydrogen) atoms. The smallest absolute Gasteiger partial charge is 0.137 e. The lowest BCUT2D eigenvalue weighted by Gasteiger charge is -2.02. The van der Waals surface area contributed by atoms with E-state index in [1.165, 1.54) is 16.1 Å². The molecule has 2 N–H and O–H groups in total. The molecule has 0 aliphatic heterocycles. The third-order valence-corrected chi connectivity index (χ3v) is 4.40. The van der Waals surface area contributed by atoms with Crippen molar-refractivity contribution in [2.24, 2.45) is 0 Å². The van der Waals surface area contributed by atoms with Crippen molar-refractivity contribution in [3.05, 3.63) is 45.3 Å². The van der Waals surface area contributed by atoms with Crippen molar-refractivity contribution < 1.29 is 0 Å². The van der Waals surface area contributed by atoms with Crippen LogP contribution in [-0.4, -0.2) is 4.98 Å². The van der Waals surface area contributed by atoms with E-state index in [4.69, 9.17) is 5.73 Å². The largest absolute Gasteiger partial charge is 0.383 e. The van der Waals surface area contributed by atoms with Gasteiger partial charge in [-0.3, -0.25) is 0 Å². The summed E-state index contributed by atoms with van der Waals surface area (Å²) < 4.78 is 0. The second-order valence-electron chi connectivity index (χ2n) is 4.37. The Morgan fingerprint density at radius 3 is 2.38 bits per heavy atom. The van der Waals surface area contributed by atoms with Crippen LogP contribution < -0.4 is 5.73 Å². The topological polar surface area (TPSA) is 38.9 Å². The van der Waals surface area contributed by atoms with Gasteiger partial charge in [0.05, 0.1) is 5.01 Å². The Bertz CT molecular complexity index is 486. The zero-order valence-corrected chi connectivity index (χ0v) is 10.1. The van der Waals surface area contributed by atoms with Crippen LogP contribution in [-0.2, 0) is 12.8 Å². The third kappa shape index (κ3) is 1.52. The molecule has 0 bridgehead atoms. The summed E-state index contributed by atoms with van der Waals surface area (Å²) in [7, 11) is 0. The van der Waals surface area contributed by atoms with Gasteiger partial charge in [0, 0.05) is 10.8 Å². The minimum absolute atomic E-state index is 0.540. The van der Waals surface area contributed by atoms with Gasteiger partial charge < -0.3 is 5.73 Å². The van der Waals surface area contributed by atoms with Gasteiger partial charge in [-0.2, -0.15) is 0 Å². The molecule has 2 nitrogen and oxygen atoms in total. The molecule has 1 heterocycles. The standard InChI is InChI=1S/C13H14N2S/c1-8-12(14)15-13(16-8)11-6-9-4-2-3-5-10(9)7-11/h2-5,11H,6-7,14H2,1H3.